The van der Waals surface area contributed by atoms with Crippen LogP contribution in [0.25, 0.3) is 0 Å². The summed E-state index contributed by atoms with van der Waals surface area (Å²) in [6, 6.07) is 22.6. The number of amides is 2. The Morgan fingerprint density at radius 3 is 2.47 bits per heavy atom. The molecule has 1 saturated heterocycles. The molecule has 0 radical (unpaired) electrons. The number of thioether (sulfide) groups is 1. The van der Waals surface area contributed by atoms with Crippen LogP contribution in [0.5, 0.6) is 5.75 Å². The average Bonchev–Trinajstić information content (AvgIpc) is 2.86. The van der Waals surface area contributed by atoms with Gasteiger partial charge in [-0.15, -0.1) is 0 Å². The van der Waals surface area contributed by atoms with Crippen molar-refractivity contribution in [3.8, 4) is 5.75 Å². The van der Waals surface area contributed by atoms with Gasteiger partial charge in [0.15, 0.2) is 5.17 Å². The van der Waals surface area contributed by atoms with E-state index in [4.69, 9.17) is 4.74 Å². The van der Waals surface area contributed by atoms with Crippen molar-refractivity contribution in [2.45, 2.75) is 18.1 Å². The number of aliphatic imine (C=N–C) groups is 1. The summed E-state index contributed by atoms with van der Waals surface area (Å²) in [4.78, 5) is 32.3. The molecule has 1 atom stereocenters. The number of benzene rings is 3. The fourth-order valence-electron chi connectivity index (χ4n) is 3.47. The fourth-order valence-corrected chi connectivity index (χ4v) is 4.59. The van der Waals surface area contributed by atoms with Crippen LogP contribution in [0, 0.1) is 5.82 Å². The third kappa shape index (κ3) is 6.02. The van der Waals surface area contributed by atoms with E-state index in [1.807, 2.05) is 30.3 Å². The van der Waals surface area contributed by atoms with Crippen molar-refractivity contribution in [2.75, 3.05) is 19.0 Å². The first-order valence-corrected chi connectivity index (χ1v) is 11.7. The van der Waals surface area contributed by atoms with E-state index in [-0.39, 0.29) is 24.1 Å². The molecule has 0 aromatic heterocycles. The van der Waals surface area contributed by atoms with Crippen LogP contribution in [-0.2, 0) is 16.0 Å². The van der Waals surface area contributed by atoms with Crippen LogP contribution in [0.2, 0.25) is 0 Å². The van der Waals surface area contributed by atoms with Gasteiger partial charge in [0.05, 0.1) is 12.8 Å². The normalized spacial score (nSPS) is 17.0. The Morgan fingerprint density at radius 2 is 1.79 bits per heavy atom. The number of hydrogen-bond donors (Lipinski definition) is 1. The number of ether oxygens (including phenoxy) is 1. The van der Waals surface area contributed by atoms with Crippen molar-refractivity contribution in [3.63, 3.8) is 0 Å². The Hall–Kier alpha value is -3.65. The molecular weight excluding hydrogens is 453 g/mol. The summed E-state index contributed by atoms with van der Waals surface area (Å²) < 4.78 is 18.4. The topological polar surface area (TPSA) is 71.0 Å². The van der Waals surface area contributed by atoms with Crippen LogP contribution < -0.4 is 10.1 Å². The maximum atomic E-state index is 13.2. The lowest BCUT2D eigenvalue weighted by molar-refractivity contribution is -0.129. The quantitative estimate of drug-likeness (QED) is 0.518. The first kappa shape index (κ1) is 23.5. The molecule has 34 heavy (non-hydrogen) atoms. The van der Waals surface area contributed by atoms with Crippen molar-refractivity contribution in [1.29, 1.82) is 0 Å². The number of halogens is 1. The Morgan fingerprint density at radius 1 is 1.09 bits per heavy atom. The second kappa shape index (κ2) is 11.0. The van der Waals surface area contributed by atoms with Crippen molar-refractivity contribution >= 4 is 40.1 Å². The predicted octanol–water partition coefficient (Wildman–Crippen LogP) is 5.04. The number of anilines is 1. The molecule has 0 aliphatic carbocycles. The van der Waals surface area contributed by atoms with Gasteiger partial charge in [0.1, 0.15) is 16.8 Å². The molecule has 1 heterocycles. The highest BCUT2D eigenvalue weighted by Crippen LogP contribution is 2.30. The Balaban J connectivity index is 1.55. The summed E-state index contributed by atoms with van der Waals surface area (Å²) in [5.74, 6) is -0.173. The zero-order chi connectivity index (χ0) is 23.9. The lowest BCUT2D eigenvalue weighted by Gasteiger charge is -2.32. The molecule has 174 valence electrons. The number of carbonyl (C=O) groups is 2. The standard InChI is InChI=1S/C26H24FN3O3S/c1-33-22-13-11-21(12-14-22)29-26-30(16-15-18-5-3-2-4-6-18)24(31)17-23(34-26)25(32)28-20-9-7-19(27)8-10-20/h2-14,23H,15-17H2,1H3,(H,28,32). The van der Waals surface area contributed by atoms with Gasteiger partial charge in [-0.1, -0.05) is 42.1 Å². The molecule has 6 nitrogen and oxygen atoms in total. The average molecular weight is 478 g/mol. The number of nitrogens with one attached hydrogen (secondary N) is 1. The molecule has 0 saturated carbocycles. The van der Waals surface area contributed by atoms with Crippen LogP contribution in [0.15, 0.2) is 83.9 Å². The highest BCUT2D eigenvalue weighted by atomic mass is 32.2. The minimum Gasteiger partial charge on any atom is -0.497 e. The third-order valence-electron chi connectivity index (χ3n) is 5.31. The van der Waals surface area contributed by atoms with E-state index in [1.165, 1.54) is 36.0 Å². The molecule has 1 fully saturated rings. The second-order valence-corrected chi connectivity index (χ2v) is 8.85. The Bertz CT molecular complexity index is 1170. The van der Waals surface area contributed by atoms with Gasteiger partial charge in [-0.25, -0.2) is 9.38 Å². The lowest BCUT2D eigenvalue weighted by atomic mass is 10.1. The molecule has 4 rings (SSSR count). The van der Waals surface area contributed by atoms with Crippen molar-refractivity contribution in [1.82, 2.24) is 4.90 Å². The van der Waals surface area contributed by atoms with Gasteiger partial charge >= 0.3 is 0 Å². The molecule has 8 heteroatoms. The molecular formula is C26H24FN3O3S. The second-order valence-electron chi connectivity index (χ2n) is 7.68. The number of hydrogen-bond acceptors (Lipinski definition) is 5. The van der Waals surface area contributed by atoms with E-state index in [0.29, 0.717) is 35.3 Å². The SMILES string of the molecule is COc1ccc(N=C2SC(C(=O)Nc3ccc(F)cc3)CC(=O)N2CCc2ccccc2)cc1. The van der Waals surface area contributed by atoms with Crippen molar-refractivity contribution in [2.24, 2.45) is 4.99 Å². The summed E-state index contributed by atoms with van der Waals surface area (Å²) >= 11 is 1.25. The summed E-state index contributed by atoms with van der Waals surface area (Å²) in [5, 5.41) is 2.58. The number of nitrogens with zero attached hydrogens (tertiary/aromatic N) is 2. The fraction of sp³-hybridized carbons (Fsp3) is 0.192. The third-order valence-corrected chi connectivity index (χ3v) is 6.50. The number of methoxy groups -OCH3 is 1. The highest BCUT2D eigenvalue weighted by molar-refractivity contribution is 8.15. The Labute approximate surface area is 201 Å². The van der Waals surface area contributed by atoms with Crippen LogP contribution in [0.3, 0.4) is 0 Å². The molecule has 0 spiro atoms. The van der Waals surface area contributed by atoms with Gasteiger partial charge in [-0.3, -0.25) is 14.5 Å². The van der Waals surface area contributed by atoms with Crippen LogP contribution >= 0.6 is 11.8 Å². The first-order chi connectivity index (χ1) is 16.5. The monoisotopic (exact) mass is 477 g/mol. The minimum absolute atomic E-state index is 0.0497. The zero-order valence-electron chi connectivity index (χ0n) is 18.6. The summed E-state index contributed by atoms with van der Waals surface area (Å²) in [5.41, 5.74) is 2.24. The van der Waals surface area contributed by atoms with E-state index >= 15 is 0 Å². The number of carbonyl (C=O) groups excluding carboxylic acids is 2. The number of amidine groups is 1. The molecule has 3 aromatic carbocycles. The van der Waals surface area contributed by atoms with Gasteiger partial charge in [-0.2, -0.15) is 0 Å². The molecule has 1 aliphatic rings. The van der Waals surface area contributed by atoms with E-state index in [1.54, 1.807) is 36.3 Å². The largest absolute Gasteiger partial charge is 0.497 e. The van der Waals surface area contributed by atoms with Crippen LogP contribution in [0.4, 0.5) is 15.8 Å². The van der Waals surface area contributed by atoms with Gasteiger partial charge in [-0.05, 0) is 60.5 Å². The zero-order valence-corrected chi connectivity index (χ0v) is 19.4. The number of rotatable bonds is 7. The minimum atomic E-state index is -0.650. The molecule has 1 aliphatic heterocycles. The van der Waals surface area contributed by atoms with E-state index in [9.17, 15) is 14.0 Å². The molecule has 3 aromatic rings. The summed E-state index contributed by atoms with van der Waals surface area (Å²) in [6.07, 6.45) is 0.718. The maximum absolute atomic E-state index is 13.2. The van der Waals surface area contributed by atoms with Gasteiger partial charge in [0.2, 0.25) is 11.8 Å². The van der Waals surface area contributed by atoms with E-state index in [2.05, 4.69) is 10.3 Å². The molecule has 0 bridgehead atoms. The van der Waals surface area contributed by atoms with Gasteiger partial charge < -0.3 is 10.1 Å². The van der Waals surface area contributed by atoms with Crippen LogP contribution in [0.1, 0.15) is 12.0 Å². The lowest BCUT2D eigenvalue weighted by Crippen LogP contribution is -2.46. The van der Waals surface area contributed by atoms with E-state index < -0.39 is 5.25 Å². The smallest absolute Gasteiger partial charge is 0.238 e. The van der Waals surface area contributed by atoms with Crippen molar-refractivity contribution in [3.05, 3.63) is 90.2 Å². The summed E-state index contributed by atoms with van der Waals surface area (Å²) in [6.45, 7) is 0.455. The van der Waals surface area contributed by atoms with Gasteiger partial charge in [0.25, 0.3) is 0 Å². The van der Waals surface area contributed by atoms with Crippen LogP contribution in [-0.4, -0.2) is 40.8 Å². The summed E-state index contributed by atoms with van der Waals surface area (Å²) in [7, 11) is 1.59. The van der Waals surface area contributed by atoms with Crippen molar-refractivity contribution < 1.29 is 18.7 Å². The van der Waals surface area contributed by atoms with E-state index in [0.717, 1.165) is 5.56 Å². The molecule has 2 amide bonds. The first-order valence-electron chi connectivity index (χ1n) is 10.8. The Kier molecular flexibility index (Phi) is 7.59. The predicted molar refractivity (Wildman–Crippen MR) is 133 cm³/mol. The maximum Gasteiger partial charge on any atom is 0.238 e. The molecule has 1 N–H and O–H groups in total. The highest BCUT2D eigenvalue weighted by Gasteiger charge is 2.35. The molecule has 1 unspecified atom stereocenters. The van der Waals surface area contributed by atoms with Gasteiger partial charge in [0, 0.05) is 18.7 Å².